The number of carboxylic acid groups (broad SMARTS) is 1. The standard InChI is InChI=1S/C24H23F4NO5/c1-5-12(2)20(23(31)32)21-13(3)29(18-11-17(25)19(33-4)10-16(18)21)22(30)14-6-8-15(9-7-14)34-24(26,27)28/h6-12,20H,5H2,1-4H3,(H,31,32)/t12?,20-/m0/s1. The fourth-order valence-corrected chi connectivity index (χ4v) is 4.07. The Morgan fingerprint density at radius 2 is 1.76 bits per heavy atom. The van der Waals surface area contributed by atoms with Gasteiger partial charge in [-0.1, -0.05) is 20.3 Å². The molecule has 6 nitrogen and oxygen atoms in total. The second-order valence-corrected chi connectivity index (χ2v) is 7.92. The third-order valence-corrected chi connectivity index (χ3v) is 5.85. The van der Waals surface area contributed by atoms with Crippen LogP contribution in [-0.2, 0) is 4.79 Å². The van der Waals surface area contributed by atoms with Crippen molar-refractivity contribution < 1.29 is 41.7 Å². The van der Waals surface area contributed by atoms with Gasteiger partial charge >= 0.3 is 12.3 Å². The normalized spacial score (nSPS) is 13.5. The Kier molecular flexibility index (Phi) is 6.90. The van der Waals surface area contributed by atoms with Crippen LogP contribution in [0.15, 0.2) is 36.4 Å². The lowest BCUT2D eigenvalue weighted by Gasteiger charge is -2.20. The highest BCUT2D eigenvalue weighted by Gasteiger charge is 2.34. The number of hydrogen-bond acceptors (Lipinski definition) is 4. The summed E-state index contributed by atoms with van der Waals surface area (Å²) in [5.41, 5.74) is 0.769. The average Bonchev–Trinajstić information content (AvgIpc) is 3.02. The van der Waals surface area contributed by atoms with E-state index in [-0.39, 0.29) is 28.4 Å². The Morgan fingerprint density at radius 1 is 1.15 bits per heavy atom. The highest BCUT2D eigenvalue weighted by atomic mass is 19.4. The molecule has 2 aromatic carbocycles. The molecule has 3 aromatic rings. The maximum absolute atomic E-state index is 14.6. The summed E-state index contributed by atoms with van der Waals surface area (Å²) >= 11 is 0. The maximum atomic E-state index is 14.6. The number of fused-ring (bicyclic) bond motifs is 1. The quantitative estimate of drug-likeness (QED) is 0.425. The molecular formula is C24H23F4NO5. The van der Waals surface area contributed by atoms with E-state index in [2.05, 4.69) is 4.74 Å². The van der Waals surface area contributed by atoms with Gasteiger partial charge < -0.3 is 14.6 Å². The molecule has 2 atom stereocenters. The molecule has 1 unspecified atom stereocenters. The number of carbonyl (C=O) groups is 2. The van der Waals surface area contributed by atoms with Gasteiger partial charge in [0.1, 0.15) is 5.75 Å². The number of ether oxygens (including phenoxy) is 2. The zero-order valence-corrected chi connectivity index (χ0v) is 18.9. The first-order chi connectivity index (χ1) is 15.9. The number of halogens is 4. The number of benzene rings is 2. The van der Waals surface area contributed by atoms with Crippen LogP contribution in [0.3, 0.4) is 0 Å². The number of hydrogen-bond donors (Lipinski definition) is 1. The van der Waals surface area contributed by atoms with E-state index in [1.54, 1.807) is 13.8 Å². The van der Waals surface area contributed by atoms with Crippen molar-refractivity contribution in [3.05, 3.63) is 59.0 Å². The molecule has 1 N–H and O–H groups in total. The molecule has 0 saturated carbocycles. The van der Waals surface area contributed by atoms with Gasteiger partial charge in [-0.15, -0.1) is 13.2 Å². The number of nitrogens with zero attached hydrogens (tertiary/aromatic N) is 1. The van der Waals surface area contributed by atoms with E-state index in [0.717, 1.165) is 30.3 Å². The number of alkyl halides is 3. The van der Waals surface area contributed by atoms with Gasteiger partial charge in [-0.3, -0.25) is 14.2 Å². The van der Waals surface area contributed by atoms with Gasteiger partial charge in [0.2, 0.25) is 0 Å². The van der Waals surface area contributed by atoms with Crippen molar-refractivity contribution in [1.82, 2.24) is 4.57 Å². The molecule has 0 aliphatic heterocycles. The van der Waals surface area contributed by atoms with Crippen LogP contribution in [0.1, 0.15) is 47.8 Å². The third-order valence-electron chi connectivity index (χ3n) is 5.85. The van der Waals surface area contributed by atoms with Crippen LogP contribution in [0.4, 0.5) is 17.6 Å². The van der Waals surface area contributed by atoms with E-state index in [1.807, 2.05) is 6.92 Å². The predicted molar refractivity (Wildman–Crippen MR) is 116 cm³/mol. The zero-order valence-electron chi connectivity index (χ0n) is 18.9. The zero-order chi connectivity index (χ0) is 25.4. The van der Waals surface area contributed by atoms with Gasteiger partial charge in [0, 0.05) is 22.7 Å². The van der Waals surface area contributed by atoms with E-state index in [0.29, 0.717) is 17.4 Å². The molecule has 3 rings (SSSR count). The van der Waals surface area contributed by atoms with Gasteiger partial charge in [0.25, 0.3) is 5.91 Å². The number of methoxy groups -OCH3 is 1. The van der Waals surface area contributed by atoms with Crippen LogP contribution < -0.4 is 9.47 Å². The molecule has 0 radical (unpaired) electrons. The van der Waals surface area contributed by atoms with Crippen molar-refractivity contribution in [1.29, 1.82) is 0 Å². The smallest absolute Gasteiger partial charge is 0.494 e. The molecule has 0 fully saturated rings. The Labute approximate surface area is 192 Å². The summed E-state index contributed by atoms with van der Waals surface area (Å²) in [4.78, 5) is 25.6. The minimum Gasteiger partial charge on any atom is -0.494 e. The Morgan fingerprint density at radius 3 is 2.26 bits per heavy atom. The van der Waals surface area contributed by atoms with Gasteiger partial charge in [0.05, 0.1) is 18.5 Å². The number of aromatic nitrogens is 1. The maximum Gasteiger partial charge on any atom is 0.573 e. The first-order valence-electron chi connectivity index (χ1n) is 10.4. The van der Waals surface area contributed by atoms with Crippen molar-refractivity contribution >= 4 is 22.8 Å². The van der Waals surface area contributed by atoms with E-state index in [9.17, 15) is 32.3 Å². The molecule has 0 spiro atoms. The van der Waals surface area contributed by atoms with Crippen molar-refractivity contribution in [2.75, 3.05) is 7.11 Å². The molecule has 0 aliphatic rings. The van der Waals surface area contributed by atoms with Crippen LogP contribution in [0, 0.1) is 18.7 Å². The van der Waals surface area contributed by atoms with Gasteiger partial charge in [-0.05, 0) is 48.7 Å². The SMILES string of the molecule is CCC(C)[C@H](C(=O)O)c1c(C)n(C(=O)c2ccc(OC(F)(F)F)cc2)c2cc(F)c(OC)cc12. The summed E-state index contributed by atoms with van der Waals surface area (Å²) in [6.07, 6.45) is -4.35. The van der Waals surface area contributed by atoms with Gasteiger partial charge in [-0.2, -0.15) is 0 Å². The number of carbonyl (C=O) groups excluding carboxylic acids is 1. The summed E-state index contributed by atoms with van der Waals surface area (Å²) in [6, 6.07) is 6.72. The fourth-order valence-electron chi connectivity index (χ4n) is 4.07. The summed E-state index contributed by atoms with van der Waals surface area (Å²) in [6.45, 7) is 5.16. The lowest BCUT2D eigenvalue weighted by atomic mass is 9.84. The van der Waals surface area contributed by atoms with Crippen LogP contribution in [0.25, 0.3) is 10.9 Å². The molecule has 34 heavy (non-hydrogen) atoms. The summed E-state index contributed by atoms with van der Waals surface area (Å²) in [5.74, 6) is -4.42. The van der Waals surface area contributed by atoms with E-state index < -0.39 is 35.7 Å². The monoisotopic (exact) mass is 481 g/mol. The van der Waals surface area contributed by atoms with Crippen molar-refractivity contribution in [3.63, 3.8) is 0 Å². The average molecular weight is 481 g/mol. The van der Waals surface area contributed by atoms with E-state index in [4.69, 9.17) is 4.74 Å². The van der Waals surface area contributed by atoms with Crippen LogP contribution >= 0.6 is 0 Å². The summed E-state index contributed by atoms with van der Waals surface area (Å²) in [7, 11) is 1.27. The molecule has 10 heteroatoms. The lowest BCUT2D eigenvalue weighted by Crippen LogP contribution is -2.21. The number of aliphatic carboxylic acids is 1. The van der Waals surface area contributed by atoms with Gasteiger partial charge in [0.15, 0.2) is 11.6 Å². The highest BCUT2D eigenvalue weighted by Crippen LogP contribution is 2.40. The Balaban J connectivity index is 2.23. The minimum absolute atomic E-state index is 0.00714. The molecular weight excluding hydrogens is 458 g/mol. The highest BCUT2D eigenvalue weighted by molar-refractivity contribution is 6.05. The second-order valence-electron chi connectivity index (χ2n) is 7.92. The minimum atomic E-state index is -4.88. The first-order valence-corrected chi connectivity index (χ1v) is 10.4. The molecule has 0 saturated heterocycles. The van der Waals surface area contributed by atoms with E-state index >= 15 is 0 Å². The Hall–Kier alpha value is -3.56. The van der Waals surface area contributed by atoms with Crippen LogP contribution in [0.2, 0.25) is 0 Å². The largest absolute Gasteiger partial charge is 0.573 e. The molecule has 1 heterocycles. The van der Waals surface area contributed by atoms with Crippen molar-refractivity contribution in [2.45, 2.75) is 39.5 Å². The number of carboxylic acids is 1. The van der Waals surface area contributed by atoms with Crippen LogP contribution in [0.5, 0.6) is 11.5 Å². The van der Waals surface area contributed by atoms with Crippen LogP contribution in [-0.4, -0.2) is 35.0 Å². The topological polar surface area (TPSA) is 77.8 Å². The van der Waals surface area contributed by atoms with Gasteiger partial charge in [-0.25, -0.2) is 4.39 Å². The molecule has 182 valence electrons. The molecule has 0 amide bonds. The summed E-state index contributed by atoms with van der Waals surface area (Å²) < 4.78 is 62.0. The van der Waals surface area contributed by atoms with Crippen molar-refractivity contribution in [2.24, 2.45) is 5.92 Å². The molecule has 1 aromatic heterocycles. The summed E-state index contributed by atoms with van der Waals surface area (Å²) in [5, 5.41) is 10.3. The van der Waals surface area contributed by atoms with Crippen molar-refractivity contribution in [3.8, 4) is 11.5 Å². The molecule has 0 bridgehead atoms. The van der Waals surface area contributed by atoms with E-state index in [1.165, 1.54) is 17.7 Å². The third kappa shape index (κ3) is 4.71. The first kappa shape index (κ1) is 25.1. The fraction of sp³-hybridized carbons (Fsp3) is 0.333. The lowest BCUT2D eigenvalue weighted by molar-refractivity contribution is -0.274. The Bertz CT molecular complexity index is 1230. The molecule has 0 aliphatic carbocycles. The second kappa shape index (κ2) is 9.36. The number of rotatable bonds is 7. The predicted octanol–water partition coefficient (Wildman–Crippen LogP) is 5.90.